The van der Waals surface area contributed by atoms with E-state index in [1.54, 1.807) is 0 Å². The number of aromatic carboxylic acids is 1. The topological polar surface area (TPSA) is 94.7 Å². The van der Waals surface area contributed by atoms with E-state index in [4.69, 9.17) is 29.5 Å². The SMILES string of the molecule is O=C(O)c1ccc(NC(=S)c2sc(=S)n(-c3cccc(C(F)(F)F)c3)c2O)cc1O. The third-order valence-electron chi connectivity index (χ3n) is 3.91. The highest BCUT2D eigenvalue weighted by molar-refractivity contribution is 7.81. The van der Waals surface area contributed by atoms with Crippen molar-refractivity contribution in [2.45, 2.75) is 6.18 Å². The first-order chi connectivity index (χ1) is 14.0. The van der Waals surface area contributed by atoms with Crippen LogP contribution in [0.2, 0.25) is 0 Å². The molecule has 0 saturated carbocycles. The number of carboxylic acid groups (broad SMARTS) is 1. The van der Waals surface area contributed by atoms with Crippen molar-refractivity contribution in [1.82, 2.24) is 4.57 Å². The van der Waals surface area contributed by atoms with Gasteiger partial charge in [0.05, 0.1) is 11.3 Å². The second kappa shape index (κ2) is 8.05. The van der Waals surface area contributed by atoms with Crippen LogP contribution in [0.15, 0.2) is 42.5 Å². The van der Waals surface area contributed by atoms with Crippen molar-refractivity contribution in [3.63, 3.8) is 0 Å². The van der Waals surface area contributed by atoms with Gasteiger partial charge in [-0.2, -0.15) is 13.2 Å². The predicted octanol–water partition coefficient (Wildman–Crippen LogP) is 5.18. The molecular weight excluding hydrogens is 461 g/mol. The molecule has 0 atom stereocenters. The molecule has 6 nitrogen and oxygen atoms in total. The van der Waals surface area contributed by atoms with Crippen molar-refractivity contribution < 1.29 is 33.3 Å². The van der Waals surface area contributed by atoms with Crippen molar-refractivity contribution in [3.8, 4) is 17.3 Å². The van der Waals surface area contributed by atoms with Crippen molar-refractivity contribution in [1.29, 1.82) is 0 Å². The number of nitrogens with one attached hydrogen (secondary N) is 1. The Morgan fingerprint density at radius 2 is 1.83 bits per heavy atom. The van der Waals surface area contributed by atoms with Gasteiger partial charge in [0.15, 0.2) is 3.95 Å². The first-order valence-corrected chi connectivity index (χ1v) is 9.62. The zero-order valence-corrected chi connectivity index (χ0v) is 17.0. The molecule has 30 heavy (non-hydrogen) atoms. The zero-order chi connectivity index (χ0) is 22.2. The molecule has 1 aromatic heterocycles. The van der Waals surface area contributed by atoms with E-state index in [-0.39, 0.29) is 30.8 Å². The van der Waals surface area contributed by atoms with Crippen LogP contribution >= 0.6 is 35.8 Å². The molecule has 0 amide bonds. The highest BCUT2D eigenvalue weighted by atomic mass is 32.1. The third kappa shape index (κ3) is 4.30. The van der Waals surface area contributed by atoms with Gasteiger partial charge in [-0.3, -0.25) is 4.57 Å². The fraction of sp³-hybridized carbons (Fsp3) is 0.0556. The summed E-state index contributed by atoms with van der Waals surface area (Å²) in [6, 6.07) is 7.96. The van der Waals surface area contributed by atoms with E-state index < -0.39 is 29.3 Å². The van der Waals surface area contributed by atoms with E-state index >= 15 is 0 Å². The average Bonchev–Trinajstić information content (AvgIpc) is 2.95. The summed E-state index contributed by atoms with van der Waals surface area (Å²) < 4.78 is 40.1. The number of hydrogen-bond donors (Lipinski definition) is 4. The molecule has 0 aliphatic carbocycles. The summed E-state index contributed by atoms with van der Waals surface area (Å²) in [4.78, 5) is 11.0. The van der Waals surface area contributed by atoms with Crippen LogP contribution < -0.4 is 5.32 Å². The third-order valence-corrected chi connectivity index (χ3v) is 5.73. The second-order valence-electron chi connectivity index (χ2n) is 5.90. The molecule has 0 spiro atoms. The number of thiocarbonyl (C=S) groups is 1. The first-order valence-electron chi connectivity index (χ1n) is 7.99. The molecule has 12 heteroatoms. The fourth-order valence-electron chi connectivity index (χ4n) is 2.54. The van der Waals surface area contributed by atoms with Crippen LogP contribution in [0.25, 0.3) is 5.69 Å². The molecule has 2 aromatic carbocycles. The van der Waals surface area contributed by atoms with Crippen LogP contribution in [0, 0.1) is 3.95 Å². The minimum Gasteiger partial charge on any atom is -0.507 e. The Hall–Kier alpha value is -2.96. The highest BCUT2D eigenvalue weighted by Gasteiger charge is 2.31. The Kier molecular flexibility index (Phi) is 5.83. The minimum absolute atomic E-state index is 0.0149. The molecule has 156 valence electrons. The van der Waals surface area contributed by atoms with Crippen LogP contribution in [-0.4, -0.2) is 30.8 Å². The summed E-state index contributed by atoms with van der Waals surface area (Å²) in [5.41, 5.74) is -0.947. The largest absolute Gasteiger partial charge is 0.507 e. The van der Waals surface area contributed by atoms with Gasteiger partial charge in [0.25, 0.3) is 0 Å². The monoisotopic (exact) mass is 472 g/mol. The minimum atomic E-state index is -4.56. The highest BCUT2D eigenvalue weighted by Crippen LogP contribution is 2.34. The number of alkyl halides is 3. The predicted molar refractivity (Wildman–Crippen MR) is 112 cm³/mol. The van der Waals surface area contributed by atoms with Gasteiger partial charge >= 0.3 is 12.1 Å². The molecule has 0 bridgehead atoms. The lowest BCUT2D eigenvalue weighted by molar-refractivity contribution is -0.137. The van der Waals surface area contributed by atoms with E-state index in [1.165, 1.54) is 18.2 Å². The maximum absolute atomic E-state index is 13.0. The summed E-state index contributed by atoms with van der Waals surface area (Å²) in [6.45, 7) is 0. The average molecular weight is 472 g/mol. The molecule has 4 N–H and O–H groups in total. The van der Waals surface area contributed by atoms with Crippen LogP contribution in [-0.2, 0) is 6.18 Å². The van der Waals surface area contributed by atoms with E-state index in [9.17, 15) is 28.2 Å². The van der Waals surface area contributed by atoms with Gasteiger partial charge in [-0.15, -0.1) is 0 Å². The van der Waals surface area contributed by atoms with Gasteiger partial charge in [-0.05, 0) is 42.5 Å². The Bertz CT molecular complexity index is 1220. The number of rotatable bonds is 4. The van der Waals surface area contributed by atoms with Gasteiger partial charge in [0, 0.05) is 11.8 Å². The normalized spacial score (nSPS) is 11.3. The number of hydrogen-bond acceptors (Lipinski definition) is 6. The maximum Gasteiger partial charge on any atom is 0.416 e. The number of carboxylic acids is 1. The molecule has 3 rings (SSSR count). The fourth-order valence-corrected chi connectivity index (χ4v) is 4.10. The molecule has 1 heterocycles. The lowest BCUT2D eigenvalue weighted by atomic mass is 10.2. The molecule has 0 aliphatic rings. The molecule has 0 unspecified atom stereocenters. The Balaban J connectivity index is 1.94. The summed E-state index contributed by atoms with van der Waals surface area (Å²) in [6.07, 6.45) is -4.56. The van der Waals surface area contributed by atoms with Gasteiger partial charge in [0.1, 0.15) is 21.2 Å². The van der Waals surface area contributed by atoms with Crippen molar-refractivity contribution in [2.75, 3.05) is 5.32 Å². The quantitative estimate of drug-likeness (QED) is 0.389. The summed E-state index contributed by atoms with van der Waals surface area (Å²) in [5.74, 6) is -2.25. The Morgan fingerprint density at radius 3 is 2.43 bits per heavy atom. The Labute approximate surface area is 181 Å². The standard InChI is InChI=1S/C18H11F3N2O4S3/c19-18(20,21)8-2-1-3-10(6-8)23-15(25)13(30-17(23)29)14(28)22-9-4-5-11(16(26)27)12(24)7-9/h1-7,24-25H,(H,22,28)(H,26,27). The van der Waals surface area contributed by atoms with E-state index in [2.05, 4.69) is 5.32 Å². The van der Waals surface area contributed by atoms with Gasteiger partial charge in [0.2, 0.25) is 5.88 Å². The van der Waals surface area contributed by atoms with E-state index in [1.807, 2.05) is 0 Å². The number of carbonyl (C=O) groups is 1. The maximum atomic E-state index is 13.0. The summed E-state index contributed by atoms with van der Waals surface area (Å²) in [5, 5.41) is 32.0. The molecule has 0 aliphatic heterocycles. The second-order valence-corrected chi connectivity index (χ2v) is 7.95. The Morgan fingerprint density at radius 1 is 1.13 bits per heavy atom. The zero-order valence-electron chi connectivity index (χ0n) is 14.6. The number of aromatic nitrogens is 1. The lowest BCUT2D eigenvalue weighted by Gasteiger charge is -2.11. The molecule has 0 radical (unpaired) electrons. The van der Waals surface area contributed by atoms with Crippen molar-refractivity contribution in [3.05, 3.63) is 62.4 Å². The first kappa shape index (κ1) is 21.7. The van der Waals surface area contributed by atoms with Crippen molar-refractivity contribution >= 4 is 52.4 Å². The number of anilines is 1. The smallest absolute Gasteiger partial charge is 0.416 e. The van der Waals surface area contributed by atoms with Gasteiger partial charge in [-0.25, -0.2) is 4.79 Å². The van der Waals surface area contributed by atoms with Gasteiger partial charge in [-0.1, -0.05) is 29.6 Å². The molecular formula is C18H11F3N2O4S3. The lowest BCUT2D eigenvalue weighted by Crippen LogP contribution is -2.10. The molecule has 0 saturated heterocycles. The van der Waals surface area contributed by atoms with Crippen molar-refractivity contribution in [2.24, 2.45) is 0 Å². The number of phenols is 1. The number of halogens is 3. The number of benzene rings is 2. The molecule has 0 fully saturated rings. The van der Waals surface area contributed by atoms with Crippen LogP contribution in [0.5, 0.6) is 11.6 Å². The van der Waals surface area contributed by atoms with Gasteiger partial charge < -0.3 is 20.6 Å². The molecule has 3 aromatic rings. The van der Waals surface area contributed by atoms with Crippen LogP contribution in [0.3, 0.4) is 0 Å². The van der Waals surface area contributed by atoms with E-state index in [0.717, 1.165) is 40.2 Å². The van der Waals surface area contributed by atoms with Crippen LogP contribution in [0.4, 0.5) is 18.9 Å². The summed E-state index contributed by atoms with van der Waals surface area (Å²) >= 11 is 11.3. The number of thiazole rings is 1. The summed E-state index contributed by atoms with van der Waals surface area (Å²) in [7, 11) is 0. The van der Waals surface area contributed by atoms with Crippen LogP contribution in [0.1, 0.15) is 20.8 Å². The number of nitrogens with zero attached hydrogens (tertiary/aromatic N) is 1. The number of aromatic hydroxyl groups is 2. The van der Waals surface area contributed by atoms with E-state index in [0.29, 0.717) is 0 Å².